The summed E-state index contributed by atoms with van der Waals surface area (Å²) >= 11 is 5.92. The molecule has 1 unspecified atom stereocenters. The lowest BCUT2D eigenvalue weighted by Crippen LogP contribution is -2.49. The number of hydrogen-bond acceptors (Lipinski definition) is 3. The van der Waals surface area contributed by atoms with E-state index in [1.165, 1.54) is 17.1 Å². The van der Waals surface area contributed by atoms with Crippen molar-refractivity contribution in [2.75, 3.05) is 19.7 Å². The van der Waals surface area contributed by atoms with E-state index in [1.807, 2.05) is 0 Å². The largest absolute Gasteiger partial charge is 0.450 e. The van der Waals surface area contributed by atoms with E-state index in [-0.39, 0.29) is 29.1 Å². The number of nitrogens with zero attached hydrogens (tertiary/aromatic N) is 1. The van der Waals surface area contributed by atoms with Gasteiger partial charge in [-0.2, -0.15) is 13.2 Å². The predicted molar refractivity (Wildman–Crippen MR) is 95.2 cm³/mol. The highest BCUT2D eigenvalue weighted by atomic mass is 35.5. The Bertz CT molecular complexity index is 722. The second kappa shape index (κ2) is 9.12. The van der Waals surface area contributed by atoms with Crippen molar-refractivity contribution in [1.29, 1.82) is 0 Å². The van der Waals surface area contributed by atoms with Crippen LogP contribution in [0.2, 0.25) is 5.02 Å². The fraction of sp³-hybridized carbons (Fsp3) is 0.444. The van der Waals surface area contributed by atoms with E-state index < -0.39 is 17.8 Å². The van der Waals surface area contributed by atoms with Crippen LogP contribution in [0.1, 0.15) is 30.9 Å². The van der Waals surface area contributed by atoms with Crippen LogP contribution in [0.15, 0.2) is 24.3 Å². The van der Waals surface area contributed by atoms with E-state index in [4.69, 9.17) is 16.3 Å². The van der Waals surface area contributed by atoms with E-state index in [9.17, 15) is 22.8 Å². The molecule has 2 amide bonds. The van der Waals surface area contributed by atoms with Crippen LogP contribution < -0.4 is 5.32 Å². The van der Waals surface area contributed by atoms with Crippen LogP contribution in [-0.2, 0) is 15.7 Å². The molecule has 0 aromatic heterocycles. The van der Waals surface area contributed by atoms with E-state index in [1.54, 1.807) is 6.92 Å². The molecule has 148 valence electrons. The molecule has 27 heavy (non-hydrogen) atoms. The molecule has 0 aliphatic carbocycles. The maximum absolute atomic E-state index is 12.8. The number of carbonyl (C=O) groups is 2. The zero-order valence-corrected chi connectivity index (χ0v) is 15.4. The van der Waals surface area contributed by atoms with Gasteiger partial charge in [0.1, 0.15) is 0 Å². The number of nitrogens with one attached hydrogen (secondary N) is 1. The van der Waals surface area contributed by atoms with Gasteiger partial charge in [0.15, 0.2) is 0 Å². The van der Waals surface area contributed by atoms with Crippen molar-refractivity contribution in [2.24, 2.45) is 0 Å². The van der Waals surface area contributed by atoms with Gasteiger partial charge in [-0.3, -0.25) is 4.79 Å². The van der Waals surface area contributed by atoms with Gasteiger partial charge < -0.3 is 15.0 Å². The molecule has 0 radical (unpaired) electrons. The first-order chi connectivity index (χ1) is 12.7. The maximum atomic E-state index is 12.8. The van der Waals surface area contributed by atoms with Crippen molar-refractivity contribution in [3.8, 4) is 0 Å². The first-order valence-corrected chi connectivity index (χ1v) is 8.85. The van der Waals surface area contributed by atoms with Gasteiger partial charge in [0.2, 0.25) is 5.91 Å². The Morgan fingerprint density at radius 3 is 2.81 bits per heavy atom. The molecule has 1 aliphatic heterocycles. The van der Waals surface area contributed by atoms with Gasteiger partial charge in [-0.25, -0.2) is 4.79 Å². The van der Waals surface area contributed by atoms with Crippen molar-refractivity contribution >= 4 is 29.7 Å². The molecule has 5 nitrogen and oxygen atoms in total. The zero-order valence-electron chi connectivity index (χ0n) is 14.7. The number of likely N-dealkylation sites (tertiary alicyclic amines) is 1. The smallest absolute Gasteiger partial charge is 0.416 e. The van der Waals surface area contributed by atoms with E-state index in [0.717, 1.165) is 18.2 Å². The fourth-order valence-corrected chi connectivity index (χ4v) is 2.93. The van der Waals surface area contributed by atoms with Crippen molar-refractivity contribution in [3.05, 3.63) is 40.4 Å². The summed E-state index contributed by atoms with van der Waals surface area (Å²) in [5.41, 5.74) is -0.728. The monoisotopic (exact) mass is 404 g/mol. The molecule has 1 saturated heterocycles. The standard InChI is InChI=1S/C18H20ClF3N2O3/c1-2-27-17(26)23-14-4-3-9-24(11-14)16(25)8-5-12-10-13(18(20,21)22)6-7-15(12)19/h5-8,10,14H,2-4,9,11H2,1H3,(H,23,26)/b8-5+. The molecule has 1 fully saturated rings. The van der Waals surface area contributed by atoms with Crippen LogP contribution in [0.4, 0.5) is 18.0 Å². The number of halogens is 4. The number of carbonyl (C=O) groups excluding carboxylic acids is 2. The second-order valence-corrected chi connectivity index (χ2v) is 6.46. The van der Waals surface area contributed by atoms with E-state index in [0.29, 0.717) is 25.9 Å². The van der Waals surface area contributed by atoms with Gasteiger partial charge in [0, 0.05) is 30.2 Å². The molecular weight excluding hydrogens is 385 g/mol. The number of amides is 2. The summed E-state index contributed by atoms with van der Waals surface area (Å²) in [6.45, 7) is 2.75. The van der Waals surface area contributed by atoms with Gasteiger partial charge in [0.05, 0.1) is 12.2 Å². The number of alkyl carbamates (subject to hydrolysis) is 1. The third kappa shape index (κ3) is 6.16. The minimum Gasteiger partial charge on any atom is -0.450 e. The summed E-state index contributed by atoms with van der Waals surface area (Å²) in [7, 11) is 0. The number of rotatable bonds is 4. The van der Waals surface area contributed by atoms with Gasteiger partial charge in [0.25, 0.3) is 0 Å². The van der Waals surface area contributed by atoms with E-state index >= 15 is 0 Å². The molecule has 0 saturated carbocycles. The summed E-state index contributed by atoms with van der Waals surface area (Å²) in [4.78, 5) is 25.4. The normalized spacial score (nSPS) is 17.8. The van der Waals surface area contributed by atoms with Gasteiger partial charge in [-0.1, -0.05) is 11.6 Å². The Labute approximate surface area is 160 Å². The van der Waals surface area contributed by atoms with Crippen LogP contribution in [0.3, 0.4) is 0 Å². The first kappa shape index (κ1) is 21.1. The molecule has 1 aromatic rings. The minimum atomic E-state index is -4.49. The first-order valence-electron chi connectivity index (χ1n) is 8.47. The zero-order chi connectivity index (χ0) is 20.0. The molecular formula is C18H20ClF3N2O3. The fourth-order valence-electron chi connectivity index (χ4n) is 2.75. The molecule has 2 rings (SSSR count). The quantitative estimate of drug-likeness (QED) is 0.768. The summed E-state index contributed by atoms with van der Waals surface area (Å²) in [5.74, 6) is -0.362. The molecule has 0 spiro atoms. The highest BCUT2D eigenvalue weighted by Crippen LogP contribution is 2.32. The Kier molecular flexibility index (Phi) is 7.12. The molecule has 1 heterocycles. The summed E-state index contributed by atoms with van der Waals surface area (Å²) < 4.78 is 43.2. The molecule has 1 N–H and O–H groups in total. The Morgan fingerprint density at radius 2 is 2.15 bits per heavy atom. The van der Waals surface area contributed by atoms with Crippen LogP contribution in [0.25, 0.3) is 6.08 Å². The number of benzene rings is 1. The summed E-state index contributed by atoms with van der Waals surface area (Å²) in [5, 5.41) is 2.80. The van der Waals surface area contributed by atoms with Crippen LogP contribution in [-0.4, -0.2) is 42.6 Å². The van der Waals surface area contributed by atoms with E-state index in [2.05, 4.69) is 5.32 Å². The minimum absolute atomic E-state index is 0.109. The SMILES string of the molecule is CCOC(=O)NC1CCCN(C(=O)/C=C/c2cc(C(F)(F)F)ccc2Cl)C1. The lowest BCUT2D eigenvalue weighted by atomic mass is 10.1. The van der Waals surface area contributed by atoms with Gasteiger partial charge in [-0.15, -0.1) is 0 Å². The average Bonchev–Trinajstić information content (AvgIpc) is 2.60. The van der Waals surface area contributed by atoms with Crippen molar-refractivity contribution < 1.29 is 27.5 Å². The lowest BCUT2D eigenvalue weighted by Gasteiger charge is -2.32. The summed E-state index contributed by atoms with van der Waals surface area (Å²) in [6, 6.07) is 2.70. The van der Waals surface area contributed by atoms with Crippen LogP contribution in [0.5, 0.6) is 0 Å². The lowest BCUT2D eigenvalue weighted by molar-refractivity contribution is -0.137. The number of piperidine rings is 1. The van der Waals surface area contributed by atoms with Crippen molar-refractivity contribution in [3.63, 3.8) is 0 Å². The Morgan fingerprint density at radius 1 is 1.41 bits per heavy atom. The van der Waals surface area contributed by atoms with Crippen LogP contribution >= 0.6 is 11.6 Å². The van der Waals surface area contributed by atoms with Crippen LogP contribution in [0, 0.1) is 0 Å². The Hall–Kier alpha value is -2.22. The topological polar surface area (TPSA) is 58.6 Å². The van der Waals surface area contributed by atoms with Gasteiger partial charge >= 0.3 is 12.3 Å². The predicted octanol–water partition coefficient (Wildman–Crippen LogP) is 4.11. The molecule has 1 aromatic carbocycles. The third-order valence-electron chi connectivity index (χ3n) is 4.06. The number of ether oxygens (including phenoxy) is 1. The Balaban J connectivity index is 2.03. The number of alkyl halides is 3. The second-order valence-electron chi connectivity index (χ2n) is 6.06. The molecule has 9 heteroatoms. The average molecular weight is 405 g/mol. The third-order valence-corrected chi connectivity index (χ3v) is 4.40. The van der Waals surface area contributed by atoms with Crippen molar-refractivity contribution in [1.82, 2.24) is 10.2 Å². The molecule has 1 atom stereocenters. The van der Waals surface area contributed by atoms with Gasteiger partial charge in [-0.05, 0) is 49.6 Å². The molecule has 1 aliphatic rings. The summed E-state index contributed by atoms with van der Waals surface area (Å²) in [6.07, 6.45) is -1.16. The number of hydrogen-bond donors (Lipinski definition) is 1. The maximum Gasteiger partial charge on any atom is 0.416 e. The highest BCUT2D eigenvalue weighted by Gasteiger charge is 2.30. The highest BCUT2D eigenvalue weighted by molar-refractivity contribution is 6.32. The molecule has 0 bridgehead atoms. The van der Waals surface area contributed by atoms with Crippen molar-refractivity contribution in [2.45, 2.75) is 32.0 Å².